The van der Waals surface area contributed by atoms with Crippen LogP contribution >= 0.6 is 0 Å². The number of amides is 1. The van der Waals surface area contributed by atoms with Crippen molar-refractivity contribution in [2.75, 3.05) is 6.61 Å². The fourth-order valence-corrected chi connectivity index (χ4v) is 4.13. The first kappa shape index (κ1) is 22.3. The first-order chi connectivity index (χ1) is 13.1. The highest BCUT2D eigenvalue weighted by Crippen LogP contribution is 2.17. The lowest BCUT2D eigenvalue weighted by molar-refractivity contribution is -0.170. The third kappa shape index (κ3) is 6.29. The molecule has 1 aromatic rings. The highest BCUT2D eigenvalue weighted by Gasteiger charge is 2.35. The van der Waals surface area contributed by atoms with Gasteiger partial charge in [-0.3, -0.25) is 9.59 Å². The van der Waals surface area contributed by atoms with Crippen LogP contribution in [0.25, 0.3) is 0 Å². The molecular formula is C19H28N2O6S. The fraction of sp³-hybridized carbons (Fsp3) is 0.579. The molecule has 0 bridgehead atoms. The van der Waals surface area contributed by atoms with Gasteiger partial charge in [-0.15, -0.1) is 0 Å². The maximum absolute atomic E-state index is 12.8. The Kier molecular flexibility index (Phi) is 7.56. The monoisotopic (exact) mass is 412 g/mol. The smallest absolute Gasteiger partial charge is 0.305 e. The van der Waals surface area contributed by atoms with Gasteiger partial charge in [0, 0.05) is 6.92 Å². The molecule has 28 heavy (non-hydrogen) atoms. The summed E-state index contributed by atoms with van der Waals surface area (Å²) in [6, 6.07) is 4.93. The summed E-state index contributed by atoms with van der Waals surface area (Å²) in [5, 5.41) is 2.75. The zero-order valence-electron chi connectivity index (χ0n) is 16.6. The van der Waals surface area contributed by atoms with Crippen molar-refractivity contribution in [3.05, 3.63) is 29.8 Å². The van der Waals surface area contributed by atoms with Crippen molar-refractivity contribution in [3.8, 4) is 0 Å². The molecule has 2 rings (SSSR count). The predicted molar refractivity (Wildman–Crippen MR) is 103 cm³/mol. The van der Waals surface area contributed by atoms with Gasteiger partial charge in [0.15, 0.2) is 0 Å². The molecule has 1 aliphatic heterocycles. The summed E-state index contributed by atoms with van der Waals surface area (Å²) in [7, 11) is -3.86. The van der Waals surface area contributed by atoms with Gasteiger partial charge in [-0.25, -0.2) is 8.42 Å². The van der Waals surface area contributed by atoms with E-state index in [0.717, 1.165) is 5.56 Å². The maximum Gasteiger partial charge on any atom is 0.305 e. The quantitative estimate of drug-likeness (QED) is 0.626. The normalized spacial score (nSPS) is 20.8. The highest BCUT2D eigenvalue weighted by molar-refractivity contribution is 7.89. The fourth-order valence-electron chi connectivity index (χ4n) is 2.92. The van der Waals surface area contributed by atoms with Gasteiger partial charge in [0.2, 0.25) is 22.2 Å². The molecule has 1 aliphatic rings. The lowest BCUT2D eigenvalue weighted by Crippen LogP contribution is -2.52. The first-order valence-electron chi connectivity index (χ1n) is 9.26. The van der Waals surface area contributed by atoms with E-state index in [1.807, 2.05) is 20.8 Å². The Balaban J connectivity index is 2.12. The largest absolute Gasteiger partial charge is 0.434 e. The Hall–Kier alpha value is -1.97. The van der Waals surface area contributed by atoms with E-state index < -0.39 is 40.3 Å². The molecule has 1 saturated heterocycles. The minimum Gasteiger partial charge on any atom is -0.434 e. The van der Waals surface area contributed by atoms with E-state index in [0.29, 0.717) is 19.4 Å². The molecule has 9 heteroatoms. The number of hydrogen-bond donors (Lipinski definition) is 2. The average molecular weight is 413 g/mol. The van der Waals surface area contributed by atoms with Crippen LogP contribution in [-0.4, -0.2) is 45.3 Å². The number of nitrogens with one attached hydrogen (secondary N) is 2. The van der Waals surface area contributed by atoms with E-state index >= 15 is 0 Å². The lowest BCUT2D eigenvalue weighted by atomic mass is 10.0. The number of esters is 1. The van der Waals surface area contributed by atoms with Crippen LogP contribution in [0.3, 0.4) is 0 Å². The Bertz CT molecular complexity index is 791. The minimum atomic E-state index is -3.86. The maximum atomic E-state index is 12.8. The highest BCUT2D eigenvalue weighted by atomic mass is 32.2. The van der Waals surface area contributed by atoms with Crippen LogP contribution < -0.4 is 10.0 Å². The van der Waals surface area contributed by atoms with Crippen molar-refractivity contribution in [2.45, 2.75) is 63.8 Å². The second-order valence-corrected chi connectivity index (χ2v) is 9.08. The van der Waals surface area contributed by atoms with Crippen LogP contribution in [0.4, 0.5) is 0 Å². The molecule has 1 fully saturated rings. The van der Waals surface area contributed by atoms with Crippen LogP contribution in [0.5, 0.6) is 0 Å². The van der Waals surface area contributed by atoms with Crippen molar-refractivity contribution in [1.82, 2.24) is 10.0 Å². The van der Waals surface area contributed by atoms with Gasteiger partial charge in [0.25, 0.3) is 0 Å². The van der Waals surface area contributed by atoms with Crippen molar-refractivity contribution < 1.29 is 27.5 Å². The van der Waals surface area contributed by atoms with Gasteiger partial charge in [-0.1, -0.05) is 31.5 Å². The molecule has 0 aliphatic carbocycles. The summed E-state index contributed by atoms with van der Waals surface area (Å²) in [6.07, 6.45) is -0.0687. The van der Waals surface area contributed by atoms with E-state index in [-0.39, 0.29) is 10.8 Å². The van der Waals surface area contributed by atoms with Crippen molar-refractivity contribution >= 4 is 21.9 Å². The average Bonchev–Trinajstić information content (AvgIpc) is 3.00. The van der Waals surface area contributed by atoms with E-state index in [1.54, 1.807) is 12.1 Å². The third-order valence-corrected chi connectivity index (χ3v) is 5.79. The van der Waals surface area contributed by atoms with E-state index in [9.17, 15) is 18.0 Å². The zero-order chi connectivity index (χ0) is 20.9. The molecule has 1 amide bonds. The topological polar surface area (TPSA) is 111 Å². The molecule has 8 nitrogen and oxygen atoms in total. The van der Waals surface area contributed by atoms with E-state index in [1.165, 1.54) is 19.1 Å². The van der Waals surface area contributed by atoms with Gasteiger partial charge < -0.3 is 14.8 Å². The van der Waals surface area contributed by atoms with Gasteiger partial charge in [-0.2, -0.15) is 4.72 Å². The summed E-state index contributed by atoms with van der Waals surface area (Å²) < 4.78 is 38.3. The van der Waals surface area contributed by atoms with Crippen LogP contribution in [0.1, 0.15) is 39.2 Å². The molecule has 3 atom stereocenters. The summed E-state index contributed by atoms with van der Waals surface area (Å²) >= 11 is 0. The van der Waals surface area contributed by atoms with Gasteiger partial charge in [-0.05, 0) is 37.8 Å². The SMILES string of the molecule is CC(=O)O[C@@H]1OCC[C@@H]1NC(=O)[C@H](CC(C)C)NS(=O)(=O)c1ccc(C)cc1. The van der Waals surface area contributed by atoms with Gasteiger partial charge in [0.05, 0.1) is 17.5 Å². The number of rotatable bonds is 8. The van der Waals surface area contributed by atoms with E-state index in [4.69, 9.17) is 9.47 Å². The Morgan fingerprint density at radius 3 is 2.46 bits per heavy atom. The van der Waals surface area contributed by atoms with Gasteiger partial charge >= 0.3 is 5.97 Å². The second kappa shape index (κ2) is 9.49. The number of aryl methyl sites for hydroxylation is 1. The van der Waals surface area contributed by atoms with Crippen LogP contribution in [0.2, 0.25) is 0 Å². The minimum absolute atomic E-state index is 0.0839. The van der Waals surface area contributed by atoms with Gasteiger partial charge in [0.1, 0.15) is 6.04 Å². The molecule has 0 aromatic heterocycles. The van der Waals surface area contributed by atoms with E-state index in [2.05, 4.69) is 10.0 Å². The summed E-state index contributed by atoms with van der Waals surface area (Å²) in [5.74, 6) is -0.900. The summed E-state index contributed by atoms with van der Waals surface area (Å²) in [6.45, 7) is 7.27. The zero-order valence-corrected chi connectivity index (χ0v) is 17.4. The number of sulfonamides is 1. The molecule has 1 aromatic carbocycles. The molecule has 0 saturated carbocycles. The predicted octanol–water partition coefficient (Wildman–Crippen LogP) is 1.48. The van der Waals surface area contributed by atoms with Crippen LogP contribution in [0.15, 0.2) is 29.2 Å². The number of hydrogen-bond acceptors (Lipinski definition) is 6. The number of ether oxygens (including phenoxy) is 2. The molecular weight excluding hydrogens is 384 g/mol. The molecule has 156 valence electrons. The third-order valence-electron chi connectivity index (χ3n) is 4.30. The Morgan fingerprint density at radius 2 is 1.89 bits per heavy atom. The molecule has 2 N–H and O–H groups in total. The second-order valence-electron chi connectivity index (χ2n) is 7.37. The number of carbonyl (C=O) groups is 2. The van der Waals surface area contributed by atoms with Crippen LogP contribution in [0, 0.1) is 12.8 Å². The molecule has 1 heterocycles. The number of carbonyl (C=O) groups excluding carboxylic acids is 2. The first-order valence-corrected chi connectivity index (χ1v) is 10.7. The summed E-state index contributed by atoms with van der Waals surface area (Å²) in [4.78, 5) is 24.1. The molecule has 0 spiro atoms. The molecule has 0 unspecified atom stereocenters. The standard InChI is InChI=1S/C19H28N2O6S/c1-12(2)11-17(21-28(24,25)15-7-5-13(3)6-8-15)18(23)20-16-9-10-26-19(16)27-14(4)22/h5-8,12,16-17,19,21H,9-11H2,1-4H3,(H,20,23)/t16-,17-,19-/m0/s1. The lowest BCUT2D eigenvalue weighted by Gasteiger charge is -2.24. The van der Waals surface area contributed by atoms with Crippen molar-refractivity contribution in [3.63, 3.8) is 0 Å². The Labute approximate surface area is 166 Å². The van der Waals surface area contributed by atoms with Crippen molar-refractivity contribution in [1.29, 1.82) is 0 Å². The number of benzene rings is 1. The molecule has 0 radical (unpaired) electrons. The Morgan fingerprint density at radius 1 is 1.25 bits per heavy atom. The summed E-state index contributed by atoms with van der Waals surface area (Å²) in [5.41, 5.74) is 0.938. The van der Waals surface area contributed by atoms with Crippen LogP contribution in [-0.2, 0) is 29.1 Å². The van der Waals surface area contributed by atoms with Crippen molar-refractivity contribution in [2.24, 2.45) is 5.92 Å².